The predicted molar refractivity (Wildman–Crippen MR) is 72.1 cm³/mol. The van der Waals surface area contributed by atoms with E-state index in [9.17, 15) is 0 Å². The standard InChI is InChI=1S/C13H21ClN2/c1-3-7-16(8-4-2)13-6-5-12(14)9-11(13)10-15/h5-6,9H,3-4,7-8,10,15H2,1-2H3. The van der Waals surface area contributed by atoms with E-state index in [1.54, 1.807) is 0 Å². The van der Waals surface area contributed by atoms with Crippen LogP contribution in [0.4, 0.5) is 5.69 Å². The predicted octanol–water partition coefficient (Wildman–Crippen LogP) is 3.43. The van der Waals surface area contributed by atoms with Gasteiger partial charge in [0, 0.05) is 30.3 Å². The van der Waals surface area contributed by atoms with Gasteiger partial charge in [-0.05, 0) is 36.6 Å². The summed E-state index contributed by atoms with van der Waals surface area (Å²) in [6.07, 6.45) is 2.29. The van der Waals surface area contributed by atoms with Crippen molar-refractivity contribution in [1.29, 1.82) is 0 Å². The average Bonchev–Trinajstić information content (AvgIpc) is 2.28. The van der Waals surface area contributed by atoms with Gasteiger partial charge in [0.1, 0.15) is 0 Å². The molecule has 0 aliphatic rings. The third-order valence-electron chi connectivity index (χ3n) is 2.59. The summed E-state index contributed by atoms with van der Waals surface area (Å²) in [6.45, 7) is 7.08. The largest absolute Gasteiger partial charge is 0.371 e. The second-order valence-electron chi connectivity index (χ2n) is 3.96. The summed E-state index contributed by atoms with van der Waals surface area (Å²) in [4.78, 5) is 2.39. The van der Waals surface area contributed by atoms with E-state index in [1.165, 1.54) is 5.69 Å². The zero-order valence-electron chi connectivity index (χ0n) is 10.2. The fraction of sp³-hybridized carbons (Fsp3) is 0.538. The van der Waals surface area contributed by atoms with Gasteiger partial charge in [-0.25, -0.2) is 0 Å². The first-order chi connectivity index (χ1) is 7.72. The van der Waals surface area contributed by atoms with E-state index >= 15 is 0 Å². The Labute approximate surface area is 103 Å². The van der Waals surface area contributed by atoms with Gasteiger partial charge in [0.2, 0.25) is 0 Å². The van der Waals surface area contributed by atoms with Crippen molar-refractivity contribution >= 4 is 17.3 Å². The SMILES string of the molecule is CCCN(CCC)c1ccc(Cl)cc1CN. The van der Waals surface area contributed by atoms with Gasteiger partial charge in [0.25, 0.3) is 0 Å². The van der Waals surface area contributed by atoms with E-state index in [2.05, 4.69) is 24.8 Å². The summed E-state index contributed by atoms with van der Waals surface area (Å²) in [6, 6.07) is 5.99. The van der Waals surface area contributed by atoms with Crippen molar-refractivity contribution in [1.82, 2.24) is 0 Å². The molecule has 1 rings (SSSR count). The van der Waals surface area contributed by atoms with E-state index in [0.717, 1.165) is 36.5 Å². The van der Waals surface area contributed by atoms with Crippen molar-refractivity contribution in [3.8, 4) is 0 Å². The molecule has 3 heteroatoms. The lowest BCUT2D eigenvalue weighted by Gasteiger charge is -2.26. The molecule has 0 saturated heterocycles. The number of nitrogens with two attached hydrogens (primary N) is 1. The third-order valence-corrected chi connectivity index (χ3v) is 2.82. The van der Waals surface area contributed by atoms with Gasteiger partial charge in [-0.2, -0.15) is 0 Å². The van der Waals surface area contributed by atoms with Crippen molar-refractivity contribution in [2.24, 2.45) is 5.73 Å². The number of hydrogen-bond donors (Lipinski definition) is 1. The highest BCUT2D eigenvalue weighted by Crippen LogP contribution is 2.24. The highest BCUT2D eigenvalue weighted by molar-refractivity contribution is 6.30. The first-order valence-corrected chi connectivity index (χ1v) is 6.34. The minimum atomic E-state index is 0.541. The van der Waals surface area contributed by atoms with Crippen LogP contribution >= 0.6 is 11.6 Å². The maximum atomic E-state index is 5.98. The molecule has 1 aromatic carbocycles. The zero-order chi connectivity index (χ0) is 12.0. The molecule has 0 fully saturated rings. The van der Waals surface area contributed by atoms with E-state index < -0.39 is 0 Å². The fourth-order valence-corrected chi connectivity index (χ4v) is 2.11. The van der Waals surface area contributed by atoms with Crippen molar-refractivity contribution in [3.63, 3.8) is 0 Å². The highest BCUT2D eigenvalue weighted by Gasteiger charge is 2.09. The van der Waals surface area contributed by atoms with Gasteiger partial charge in [-0.15, -0.1) is 0 Å². The summed E-state index contributed by atoms with van der Waals surface area (Å²) in [7, 11) is 0. The Morgan fingerprint density at radius 3 is 2.31 bits per heavy atom. The smallest absolute Gasteiger partial charge is 0.0412 e. The maximum absolute atomic E-state index is 5.98. The van der Waals surface area contributed by atoms with E-state index in [1.807, 2.05) is 12.1 Å². The van der Waals surface area contributed by atoms with Crippen LogP contribution in [0.2, 0.25) is 5.02 Å². The molecule has 0 spiro atoms. The van der Waals surface area contributed by atoms with Crippen LogP contribution in [-0.2, 0) is 6.54 Å². The highest BCUT2D eigenvalue weighted by atomic mass is 35.5. The molecule has 0 saturated carbocycles. The molecule has 0 unspecified atom stereocenters. The van der Waals surface area contributed by atoms with Gasteiger partial charge < -0.3 is 10.6 Å². The molecule has 0 heterocycles. The molecule has 90 valence electrons. The van der Waals surface area contributed by atoms with Gasteiger partial charge in [-0.1, -0.05) is 25.4 Å². The Balaban J connectivity index is 2.97. The molecule has 0 radical (unpaired) electrons. The monoisotopic (exact) mass is 240 g/mol. The van der Waals surface area contributed by atoms with Crippen LogP contribution in [0.15, 0.2) is 18.2 Å². The van der Waals surface area contributed by atoms with Gasteiger partial charge in [0.15, 0.2) is 0 Å². The molecule has 0 atom stereocenters. The van der Waals surface area contributed by atoms with Crippen LogP contribution in [0.1, 0.15) is 32.3 Å². The van der Waals surface area contributed by atoms with Crippen LogP contribution in [0, 0.1) is 0 Å². The van der Waals surface area contributed by atoms with Crippen molar-refractivity contribution in [3.05, 3.63) is 28.8 Å². The molecule has 0 amide bonds. The zero-order valence-corrected chi connectivity index (χ0v) is 10.9. The first kappa shape index (κ1) is 13.3. The Hall–Kier alpha value is -0.730. The van der Waals surface area contributed by atoms with Crippen molar-refractivity contribution in [2.45, 2.75) is 33.2 Å². The van der Waals surface area contributed by atoms with E-state index in [-0.39, 0.29) is 0 Å². The van der Waals surface area contributed by atoms with Gasteiger partial charge >= 0.3 is 0 Å². The number of benzene rings is 1. The minimum absolute atomic E-state index is 0.541. The lowest BCUT2D eigenvalue weighted by Crippen LogP contribution is -2.26. The topological polar surface area (TPSA) is 29.3 Å². The molecule has 1 aromatic rings. The molecule has 2 N–H and O–H groups in total. The van der Waals surface area contributed by atoms with Crippen LogP contribution in [0.3, 0.4) is 0 Å². The molecular formula is C13H21ClN2. The molecule has 0 aliphatic carbocycles. The summed E-state index contributed by atoms with van der Waals surface area (Å²) >= 11 is 5.98. The van der Waals surface area contributed by atoms with Crippen LogP contribution in [0.5, 0.6) is 0 Å². The quantitative estimate of drug-likeness (QED) is 0.826. The number of hydrogen-bond acceptors (Lipinski definition) is 2. The second-order valence-corrected chi connectivity index (χ2v) is 4.40. The Kier molecular flexibility index (Phi) is 5.64. The van der Waals surface area contributed by atoms with Crippen molar-refractivity contribution < 1.29 is 0 Å². The molecule has 0 bridgehead atoms. The molecule has 0 aliphatic heterocycles. The molecular weight excluding hydrogens is 220 g/mol. The molecule has 0 aromatic heterocycles. The van der Waals surface area contributed by atoms with Gasteiger partial charge in [-0.3, -0.25) is 0 Å². The van der Waals surface area contributed by atoms with Crippen LogP contribution in [0.25, 0.3) is 0 Å². The number of halogens is 1. The second kappa shape index (κ2) is 6.77. The lowest BCUT2D eigenvalue weighted by molar-refractivity contribution is 0.740. The Bertz CT molecular complexity index is 320. The Morgan fingerprint density at radius 1 is 1.19 bits per heavy atom. The van der Waals surface area contributed by atoms with E-state index in [0.29, 0.717) is 6.54 Å². The Morgan fingerprint density at radius 2 is 1.81 bits per heavy atom. The summed E-state index contributed by atoms with van der Waals surface area (Å²) in [5.74, 6) is 0. The van der Waals surface area contributed by atoms with Crippen molar-refractivity contribution in [2.75, 3.05) is 18.0 Å². The summed E-state index contributed by atoms with van der Waals surface area (Å²) in [5.41, 5.74) is 8.13. The first-order valence-electron chi connectivity index (χ1n) is 5.96. The maximum Gasteiger partial charge on any atom is 0.0412 e. The third kappa shape index (κ3) is 3.39. The molecule has 2 nitrogen and oxygen atoms in total. The van der Waals surface area contributed by atoms with Gasteiger partial charge in [0.05, 0.1) is 0 Å². The summed E-state index contributed by atoms with van der Waals surface area (Å²) in [5, 5.41) is 0.761. The number of nitrogens with zero attached hydrogens (tertiary/aromatic N) is 1. The normalized spacial score (nSPS) is 10.5. The fourth-order valence-electron chi connectivity index (χ4n) is 1.92. The number of anilines is 1. The average molecular weight is 241 g/mol. The number of rotatable bonds is 6. The van der Waals surface area contributed by atoms with Crippen LogP contribution in [-0.4, -0.2) is 13.1 Å². The summed E-state index contributed by atoms with van der Waals surface area (Å²) < 4.78 is 0. The van der Waals surface area contributed by atoms with E-state index in [4.69, 9.17) is 17.3 Å². The minimum Gasteiger partial charge on any atom is -0.371 e. The lowest BCUT2D eigenvalue weighted by atomic mass is 10.1. The van der Waals surface area contributed by atoms with Crippen LogP contribution < -0.4 is 10.6 Å². The molecule has 16 heavy (non-hydrogen) atoms.